The molecule has 0 spiro atoms. The fraction of sp³-hybridized carbons (Fsp3) is 0.375. The summed E-state index contributed by atoms with van der Waals surface area (Å²) < 4.78 is 16.7. The number of likely N-dealkylation sites (tertiary alicyclic amines) is 1. The zero-order valence-electron chi connectivity index (χ0n) is 17.1. The van der Waals surface area contributed by atoms with Gasteiger partial charge < -0.3 is 4.90 Å². The first-order chi connectivity index (χ1) is 15.1. The van der Waals surface area contributed by atoms with Crippen LogP contribution in [0.25, 0.3) is 11.2 Å². The lowest BCUT2D eigenvalue weighted by Crippen LogP contribution is -2.39. The number of hydrogen-bond donors (Lipinski definition) is 0. The van der Waals surface area contributed by atoms with Crippen LogP contribution in [0.5, 0.6) is 0 Å². The highest BCUT2D eigenvalue weighted by Crippen LogP contribution is 2.26. The molecule has 2 aromatic heterocycles. The SMILES string of the molecule is O=c1ccc2ncc(=O)n3c2n1CC3CN1CCC(CC#Cc2cccc(F)c2)CC1. The molecule has 31 heavy (non-hydrogen) atoms. The lowest BCUT2D eigenvalue weighted by atomic mass is 9.93. The number of piperidine rings is 1. The van der Waals surface area contributed by atoms with Gasteiger partial charge >= 0.3 is 0 Å². The summed E-state index contributed by atoms with van der Waals surface area (Å²) in [6.45, 7) is 3.13. The first-order valence-electron chi connectivity index (χ1n) is 10.7. The van der Waals surface area contributed by atoms with E-state index in [2.05, 4.69) is 21.7 Å². The fourth-order valence-corrected chi connectivity index (χ4v) is 4.70. The Labute approximate surface area is 178 Å². The van der Waals surface area contributed by atoms with Crippen molar-refractivity contribution in [3.05, 3.63) is 74.7 Å². The van der Waals surface area contributed by atoms with Crippen LogP contribution >= 0.6 is 0 Å². The van der Waals surface area contributed by atoms with Gasteiger partial charge in [-0.1, -0.05) is 17.9 Å². The molecule has 1 atom stereocenters. The number of benzene rings is 1. The van der Waals surface area contributed by atoms with Crippen LogP contribution in [0.15, 0.2) is 52.2 Å². The topological polar surface area (TPSA) is 60.1 Å². The molecular formula is C24H23FN4O2. The molecule has 158 valence electrons. The van der Waals surface area contributed by atoms with E-state index in [0.29, 0.717) is 29.2 Å². The average molecular weight is 418 g/mol. The third-order valence-corrected chi connectivity index (χ3v) is 6.30. The number of rotatable bonds is 3. The third-order valence-electron chi connectivity index (χ3n) is 6.30. The molecule has 1 saturated heterocycles. The maximum absolute atomic E-state index is 13.2. The molecule has 0 N–H and O–H groups in total. The quantitative estimate of drug-likeness (QED) is 0.613. The van der Waals surface area contributed by atoms with Crippen molar-refractivity contribution >= 4 is 11.2 Å². The molecule has 4 heterocycles. The second-order valence-corrected chi connectivity index (χ2v) is 8.37. The van der Waals surface area contributed by atoms with E-state index in [9.17, 15) is 14.0 Å². The number of aromatic nitrogens is 3. The van der Waals surface area contributed by atoms with Crippen molar-refractivity contribution in [2.45, 2.75) is 31.8 Å². The smallest absolute Gasteiger partial charge is 0.270 e. The Hall–Kier alpha value is -3.24. The minimum atomic E-state index is -0.262. The fourth-order valence-electron chi connectivity index (χ4n) is 4.70. The van der Waals surface area contributed by atoms with Gasteiger partial charge in [0.15, 0.2) is 0 Å². The Morgan fingerprint density at radius 3 is 2.74 bits per heavy atom. The van der Waals surface area contributed by atoms with E-state index in [1.54, 1.807) is 21.3 Å². The lowest BCUT2D eigenvalue weighted by molar-refractivity contribution is 0.162. The molecule has 3 aromatic rings. The van der Waals surface area contributed by atoms with Gasteiger partial charge in [-0.05, 0) is 56.1 Å². The molecule has 0 aliphatic carbocycles. The number of pyridine rings is 1. The van der Waals surface area contributed by atoms with E-state index in [0.717, 1.165) is 38.9 Å². The second kappa shape index (κ2) is 8.12. The Kier molecular flexibility index (Phi) is 5.16. The van der Waals surface area contributed by atoms with Crippen molar-refractivity contribution in [1.29, 1.82) is 0 Å². The maximum atomic E-state index is 13.2. The van der Waals surface area contributed by atoms with E-state index in [4.69, 9.17) is 0 Å². The molecule has 2 aliphatic heterocycles. The molecular weight excluding hydrogens is 395 g/mol. The van der Waals surface area contributed by atoms with Gasteiger partial charge in [0.25, 0.3) is 11.1 Å². The minimum Gasteiger partial charge on any atom is -0.301 e. The Morgan fingerprint density at radius 1 is 1.10 bits per heavy atom. The Bertz CT molecular complexity index is 1300. The van der Waals surface area contributed by atoms with E-state index < -0.39 is 0 Å². The van der Waals surface area contributed by atoms with Gasteiger partial charge in [-0.2, -0.15) is 0 Å². The van der Waals surface area contributed by atoms with Gasteiger partial charge in [0, 0.05) is 31.1 Å². The van der Waals surface area contributed by atoms with Crippen LogP contribution < -0.4 is 11.1 Å². The van der Waals surface area contributed by atoms with Crippen molar-refractivity contribution in [1.82, 2.24) is 19.0 Å². The summed E-state index contributed by atoms with van der Waals surface area (Å²) in [7, 11) is 0. The van der Waals surface area contributed by atoms with Gasteiger partial charge in [0.2, 0.25) is 0 Å². The normalized spacial score (nSPS) is 18.8. The van der Waals surface area contributed by atoms with Crippen molar-refractivity contribution in [2.75, 3.05) is 19.6 Å². The zero-order valence-corrected chi connectivity index (χ0v) is 17.1. The molecule has 2 aliphatic rings. The monoisotopic (exact) mass is 418 g/mol. The molecule has 0 bridgehead atoms. The van der Waals surface area contributed by atoms with Crippen LogP contribution in [0.1, 0.15) is 30.9 Å². The third kappa shape index (κ3) is 3.91. The molecule has 5 rings (SSSR count). The van der Waals surface area contributed by atoms with E-state index in [1.807, 2.05) is 6.07 Å². The number of nitrogens with zero attached hydrogens (tertiary/aromatic N) is 4. The summed E-state index contributed by atoms with van der Waals surface area (Å²) in [5, 5.41) is 0. The second-order valence-electron chi connectivity index (χ2n) is 8.37. The molecule has 0 radical (unpaired) electrons. The molecule has 1 aromatic carbocycles. The van der Waals surface area contributed by atoms with Crippen LogP contribution in [0, 0.1) is 23.6 Å². The minimum absolute atomic E-state index is 0.0579. The Balaban J connectivity index is 1.22. The summed E-state index contributed by atoms with van der Waals surface area (Å²) in [6, 6.07) is 9.52. The maximum Gasteiger partial charge on any atom is 0.270 e. The summed E-state index contributed by atoms with van der Waals surface area (Å²) >= 11 is 0. The molecule has 6 nitrogen and oxygen atoms in total. The average Bonchev–Trinajstić information content (AvgIpc) is 3.15. The number of halogens is 1. The summed E-state index contributed by atoms with van der Waals surface area (Å²) in [5.74, 6) is 6.52. The highest BCUT2D eigenvalue weighted by Gasteiger charge is 2.29. The van der Waals surface area contributed by atoms with Crippen LogP contribution in [0.2, 0.25) is 0 Å². The van der Waals surface area contributed by atoms with Crippen LogP contribution in [0.4, 0.5) is 4.39 Å². The predicted octanol–water partition coefficient (Wildman–Crippen LogP) is 2.41. The molecule has 0 amide bonds. The molecule has 1 unspecified atom stereocenters. The van der Waals surface area contributed by atoms with Crippen LogP contribution in [-0.2, 0) is 6.54 Å². The molecule has 0 saturated carbocycles. The van der Waals surface area contributed by atoms with Gasteiger partial charge in [-0.3, -0.25) is 18.7 Å². The standard InChI is InChI=1S/C24H23FN4O2/c25-19-6-2-5-18(13-19)4-1-3-17-9-11-27(12-10-17)15-20-16-28-22(30)8-7-21-24(28)29(20)23(31)14-26-21/h2,5-8,13-14,17,20H,3,9-12,15-16H2. The van der Waals surface area contributed by atoms with Gasteiger partial charge in [-0.15, -0.1) is 0 Å². The van der Waals surface area contributed by atoms with Crippen LogP contribution in [0.3, 0.4) is 0 Å². The summed E-state index contributed by atoms with van der Waals surface area (Å²) in [6.07, 6.45) is 4.23. The zero-order chi connectivity index (χ0) is 21.4. The van der Waals surface area contributed by atoms with Crippen molar-refractivity contribution in [3.8, 4) is 11.8 Å². The first kappa shape index (κ1) is 19.7. The lowest BCUT2D eigenvalue weighted by Gasteiger charge is -2.33. The summed E-state index contributed by atoms with van der Waals surface area (Å²) in [4.78, 5) is 31.3. The predicted molar refractivity (Wildman–Crippen MR) is 116 cm³/mol. The number of hydrogen-bond acceptors (Lipinski definition) is 4. The highest BCUT2D eigenvalue weighted by atomic mass is 19.1. The Morgan fingerprint density at radius 2 is 1.94 bits per heavy atom. The van der Waals surface area contributed by atoms with Gasteiger partial charge in [0.05, 0.1) is 12.2 Å². The molecule has 1 fully saturated rings. The van der Waals surface area contributed by atoms with E-state index in [1.165, 1.54) is 24.4 Å². The van der Waals surface area contributed by atoms with Gasteiger partial charge in [0.1, 0.15) is 17.0 Å². The van der Waals surface area contributed by atoms with Gasteiger partial charge in [-0.25, -0.2) is 9.37 Å². The van der Waals surface area contributed by atoms with Crippen LogP contribution in [-0.4, -0.2) is 38.7 Å². The van der Waals surface area contributed by atoms with Crippen molar-refractivity contribution in [3.63, 3.8) is 0 Å². The first-order valence-corrected chi connectivity index (χ1v) is 10.7. The van der Waals surface area contributed by atoms with Crippen molar-refractivity contribution in [2.24, 2.45) is 5.92 Å². The highest BCUT2D eigenvalue weighted by molar-refractivity contribution is 5.71. The van der Waals surface area contributed by atoms with E-state index in [-0.39, 0.29) is 23.0 Å². The van der Waals surface area contributed by atoms with Crippen molar-refractivity contribution < 1.29 is 4.39 Å². The summed E-state index contributed by atoms with van der Waals surface area (Å²) in [5.41, 5.74) is 1.77. The molecule has 7 heteroatoms. The largest absolute Gasteiger partial charge is 0.301 e. The van der Waals surface area contributed by atoms with E-state index >= 15 is 0 Å².